The molecule has 112 valence electrons. The van der Waals surface area contributed by atoms with Crippen molar-refractivity contribution < 1.29 is 8.42 Å². The van der Waals surface area contributed by atoms with Gasteiger partial charge < -0.3 is 10.6 Å². The summed E-state index contributed by atoms with van der Waals surface area (Å²) in [6.07, 6.45) is 3.80. The second-order valence-corrected chi connectivity index (χ2v) is 7.74. The van der Waals surface area contributed by atoms with Gasteiger partial charge in [-0.25, -0.2) is 8.42 Å². The Labute approximate surface area is 121 Å². The van der Waals surface area contributed by atoms with E-state index in [0.717, 1.165) is 25.2 Å². The van der Waals surface area contributed by atoms with E-state index in [0.29, 0.717) is 16.9 Å². The molecule has 1 heterocycles. The molecule has 1 aromatic carbocycles. The van der Waals surface area contributed by atoms with Crippen molar-refractivity contribution in [3.63, 3.8) is 0 Å². The van der Waals surface area contributed by atoms with Crippen molar-refractivity contribution in [2.24, 2.45) is 5.92 Å². The summed E-state index contributed by atoms with van der Waals surface area (Å²) in [6, 6.07) is 7.64. The van der Waals surface area contributed by atoms with Crippen LogP contribution in [-0.4, -0.2) is 33.8 Å². The van der Waals surface area contributed by atoms with Gasteiger partial charge in [0.2, 0.25) is 0 Å². The normalized spacial score (nSPS) is 23.7. The van der Waals surface area contributed by atoms with Gasteiger partial charge in [0.15, 0.2) is 9.84 Å². The standard InChI is InChI=1S/C15H24N2O2S/c1-12-4-3-9-17-15(12)11-16-10-13-5-7-14(8-6-13)20(2,18)19/h5-8,12,15-17H,3-4,9-11H2,1-2H3. The van der Waals surface area contributed by atoms with E-state index in [1.807, 2.05) is 12.1 Å². The largest absolute Gasteiger partial charge is 0.312 e. The van der Waals surface area contributed by atoms with Crippen molar-refractivity contribution in [1.82, 2.24) is 10.6 Å². The van der Waals surface area contributed by atoms with Crippen LogP contribution >= 0.6 is 0 Å². The second kappa shape index (κ2) is 6.70. The zero-order valence-electron chi connectivity index (χ0n) is 12.2. The lowest BCUT2D eigenvalue weighted by Gasteiger charge is -2.30. The first-order chi connectivity index (χ1) is 9.47. The summed E-state index contributed by atoms with van der Waals surface area (Å²) in [7, 11) is -3.09. The molecule has 0 spiro atoms. The lowest BCUT2D eigenvalue weighted by atomic mass is 9.93. The summed E-state index contributed by atoms with van der Waals surface area (Å²) >= 11 is 0. The predicted molar refractivity (Wildman–Crippen MR) is 81.4 cm³/mol. The summed E-state index contributed by atoms with van der Waals surface area (Å²) in [6.45, 7) is 5.13. The topological polar surface area (TPSA) is 58.2 Å². The molecule has 0 aliphatic carbocycles. The van der Waals surface area contributed by atoms with Crippen LogP contribution in [0.2, 0.25) is 0 Å². The first kappa shape index (κ1) is 15.5. The van der Waals surface area contributed by atoms with Crippen LogP contribution in [0.4, 0.5) is 0 Å². The summed E-state index contributed by atoms with van der Waals surface area (Å²) < 4.78 is 22.8. The molecule has 0 aromatic heterocycles. The Morgan fingerprint density at radius 1 is 1.30 bits per heavy atom. The van der Waals surface area contributed by atoms with Crippen molar-refractivity contribution in [3.8, 4) is 0 Å². The Morgan fingerprint density at radius 3 is 2.60 bits per heavy atom. The molecule has 2 rings (SSSR count). The van der Waals surface area contributed by atoms with Gasteiger partial charge in [-0.1, -0.05) is 19.1 Å². The number of hydrogen-bond donors (Lipinski definition) is 2. The average Bonchev–Trinajstić information content (AvgIpc) is 2.40. The maximum atomic E-state index is 11.4. The van der Waals surface area contributed by atoms with Gasteiger partial charge in [0.1, 0.15) is 0 Å². The van der Waals surface area contributed by atoms with Crippen LogP contribution < -0.4 is 10.6 Å². The number of nitrogens with one attached hydrogen (secondary N) is 2. The zero-order valence-corrected chi connectivity index (χ0v) is 13.0. The monoisotopic (exact) mass is 296 g/mol. The molecular formula is C15H24N2O2S. The number of benzene rings is 1. The van der Waals surface area contributed by atoms with E-state index < -0.39 is 9.84 Å². The Kier molecular flexibility index (Phi) is 5.18. The van der Waals surface area contributed by atoms with E-state index in [2.05, 4.69) is 17.6 Å². The average molecular weight is 296 g/mol. The zero-order chi connectivity index (χ0) is 14.6. The third-order valence-corrected chi connectivity index (χ3v) is 5.10. The van der Waals surface area contributed by atoms with Crippen molar-refractivity contribution in [2.45, 2.75) is 37.2 Å². The molecule has 1 aromatic rings. The number of sulfone groups is 1. The Hall–Kier alpha value is -0.910. The van der Waals surface area contributed by atoms with E-state index in [9.17, 15) is 8.42 Å². The Balaban J connectivity index is 1.82. The lowest BCUT2D eigenvalue weighted by Crippen LogP contribution is -2.46. The molecule has 4 nitrogen and oxygen atoms in total. The second-order valence-electron chi connectivity index (χ2n) is 5.73. The molecule has 0 amide bonds. The van der Waals surface area contributed by atoms with Gasteiger partial charge in [0.05, 0.1) is 4.90 Å². The van der Waals surface area contributed by atoms with Crippen molar-refractivity contribution in [3.05, 3.63) is 29.8 Å². The Bertz CT molecular complexity index is 525. The molecule has 2 N–H and O–H groups in total. The van der Waals surface area contributed by atoms with Gasteiger partial charge in [0.25, 0.3) is 0 Å². The highest BCUT2D eigenvalue weighted by molar-refractivity contribution is 7.90. The molecule has 20 heavy (non-hydrogen) atoms. The van der Waals surface area contributed by atoms with E-state index in [1.54, 1.807) is 12.1 Å². The van der Waals surface area contributed by atoms with Gasteiger partial charge in [-0.3, -0.25) is 0 Å². The van der Waals surface area contributed by atoms with Gasteiger partial charge in [-0.2, -0.15) is 0 Å². The summed E-state index contributed by atoms with van der Waals surface area (Å²) in [4.78, 5) is 0.379. The molecule has 1 fully saturated rings. The van der Waals surface area contributed by atoms with Crippen molar-refractivity contribution in [1.29, 1.82) is 0 Å². The fourth-order valence-corrected chi connectivity index (χ4v) is 3.24. The van der Waals surface area contributed by atoms with Crippen LogP contribution in [0.25, 0.3) is 0 Å². The number of piperidine rings is 1. The fourth-order valence-electron chi connectivity index (χ4n) is 2.61. The SMILES string of the molecule is CC1CCCNC1CNCc1ccc(S(C)(=O)=O)cc1. The Morgan fingerprint density at radius 2 is 2.00 bits per heavy atom. The van der Waals surface area contributed by atoms with E-state index in [-0.39, 0.29) is 0 Å². The van der Waals surface area contributed by atoms with Crippen LogP contribution in [0, 0.1) is 5.92 Å². The maximum absolute atomic E-state index is 11.4. The van der Waals surface area contributed by atoms with Crippen LogP contribution in [0.15, 0.2) is 29.2 Å². The van der Waals surface area contributed by atoms with E-state index in [1.165, 1.54) is 19.1 Å². The van der Waals surface area contributed by atoms with Crippen LogP contribution in [-0.2, 0) is 16.4 Å². The van der Waals surface area contributed by atoms with Crippen molar-refractivity contribution in [2.75, 3.05) is 19.3 Å². The summed E-state index contributed by atoms with van der Waals surface area (Å²) in [5, 5.41) is 6.99. The van der Waals surface area contributed by atoms with Crippen molar-refractivity contribution >= 4 is 9.84 Å². The quantitative estimate of drug-likeness (QED) is 0.866. The first-order valence-corrected chi connectivity index (χ1v) is 9.09. The first-order valence-electron chi connectivity index (χ1n) is 7.20. The van der Waals surface area contributed by atoms with Crippen LogP contribution in [0.3, 0.4) is 0 Å². The third-order valence-electron chi connectivity index (χ3n) is 3.97. The van der Waals surface area contributed by atoms with E-state index in [4.69, 9.17) is 0 Å². The molecular weight excluding hydrogens is 272 g/mol. The smallest absolute Gasteiger partial charge is 0.175 e. The predicted octanol–water partition coefficient (Wildman–Crippen LogP) is 1.57. The molecule has 0 saturated carbocycles. The summed E-state index contributed by atoms with van der Waals surface area (Å²) in [5.74, 6) is 0.712. The number of hydrogen-bond acceptors (Lipinski definition) is 4. The molecule has 2 unspecified atom stereocenters. The minimum absolute atomic E-state index is 0.379. The lowest BCUT2D eigenvalue weighted by molar-refractivity contribution is 0.290. The van der Waals surface area contributed by atoms with Gasteiger partial charge >= 0.3 is 0 Å². The molecule has 0 radical (unpaired) electrons. The highest BCUT2D eigenvalue weighted by atomic mass is 32.2. The fraction of sp³-hybridized carbons (Fsp3) is 0.600. The molecule has 0 bridgehead atoms. The third kappa shape index (κ3) is 4.30. The van der Waals surface area contributed by atoms with Crippen LogP contribution in [0.5, 0.6) is 0 Å². The molecule has 1 aliphatic heterocycles. The molecule has 5 heteroatoms. The minimum Gasteiger partial charge on any atom is -0.312 e. The molecule has 1 saturated heterocycles. The highest BCUT2D eigenvalue weighted by Gasteiger charge is 2.19. The van der Waals surface area contributed by atoms with Gasteiger partial charge in [-0.05, 0) is 43.0 Å². The molecule has 2 atom stereocenters. The van der Waals surface area contributed by atoms with Gasteiger partial charge in [0, 0.05) is 25.4 Å². The van der Waals surface area contributed by atoms with Crippen LogP contribution in [0.1, 0.15) is 25.3 Å². The summed E-state index contributed by atoms with van der Waals surface area (Å²) in [5.41, 5.74) is 1.11. The minimum atomic E-state index is -3.09. The van der Waals surface area contributed by atoms with E-state index >= 15 is 0 Å². The van der Waals surface area contributed by atoms with Gasteiger partial charge in [-0.15, -0.1) is 0 Å². The number of rotatable bonds is 5. The highest BCUT2D eigenvalue weighted by Crippen LogP contribution is 2.15. The maximum Gasteiger partial charge on any atom is 0.175 e. The molecule has 1 aliphatic rings.